The lowest BCUT2D eigenvalue weighted by Gasteiger charge is -2.25. The van der Waals surface area contributed by atoms with Crippen LogP contribution in [0.1, 0.15) is 33.3 Å². The van der Waals surface area contributed by atoms with Crippen molar-refractivity contribution >= 4 is 23.6 Å². The average Bonchev–Trinajstić information content (AvgIpc) is 2.81. The van der Waals surface area contributed by atoms with E-state index >= 15 is 0 Å². The van der Waals surface area contributed by atoms with Gasteiger partial charge in [0, 0.05) is 11.9 Å². The van der Waals surface area contributed by atoms with Crippen molar-refractivity contribution in [1.82, 2.24) is 10.4 Å². The first-order valence-corrected chi connectivity index (χ1v) is 12.1. The predicted octanol–water partition coefficient (Wildman–Crippen LogP) is 6.60. The molecule has 3 rings (SSSR count). The molecule has 37 heavy (non-hydrogen) atoms. The van der Waals surface area contributed by atoms with E-state index in [9.17, 15) is 14.8 Å². The lowest BCUT2D eigenvalue weighted by molar-refractivity contribution is -0.164. The molecule has 0 aliphatic rings. The number of hydroxylamine groups is 2. The number of hydrogen-bond acceptors (Lipinski definition) is 6. The summed E-state index contributed by atoms with van der Waals surface area (Å²) >= 11 is 5.90. The summed E-state index contributed by atoms with van der Waals surface area (Å²) in [4.78, 5) is 23.7. The zero-order chi connectivity index (χ0) is 27.0. The summed E-state index contributed by atoms with van der Waals surface area (Å²) in [7, 11) is 0. The number of carbonyl (C=O) groups excluding carboxylic acids is 2. The highest BCUT2D eigenvalue weighted by Gasteiger charge is 2.22. The van der Waals surface area contributed by atoms with E-state index in [2.05, 4.69) is 5.32 Å². The first kappa shape index (κ1) is 27.8. The lowest BCUT2D eigenvalue weighted by Crippen LogP contribution is -2.47. The Bertz CT molecular complexity index is 1180. The van der Waals surface area contributed by atoms with E-state index in [1.165, 1.54) is 6.92 Å². The first-order chi connectivity index (χ1) is 17.5. The van der Waals surface area contributed by atoms with E-state index in [0.29, 0.717) is 39.5 Å². The number of nitrogens with one attached hydrogen (secondary N) is 1. The van der Waals surface area contributed by atoms with Gasteiger partial charge >= 0.3 is 6.09 Å². The van der Waals surface area contributed by atoms with Crippen molar-refractivity contribution in [2.45, 2.75) is 45.8 Å². The molecule has 196 valence electrons. The molecule has 0 radical (unpaired) electrons. The minimum atomic E-state index is -0.673. The summed E-state index contributed by atoms with van der Waals surface area (Å²) < 4.78 is 17.0. The number of ether oxygens (including phenoxy) is 3. The minimum absolute atomic E-state index is 0.0860. The number of carbonyl (C=O) groups is 2. The van der Waals surface area contributed by atoms with Gasteiger partial charge < -0.3 is 19.5 Å². The topological polar surface area (TPSA) is 97.3 Å². The largest absolute Gasteiger partial charge is 0.457 e. The third-order valence-corrected chi connectivity index (χ3v) is 5.24. The molecule has 0 aliphatic carbocycles. The fourth-order valence-corrected chi connectivity index (χ4v) is 3.43. The van der Waals surface area contributed by atoms with Crippen LogP contribution in [0.25, 0.3) is 0 Å². The molecule has 9 heteroatoms. The molecule has 2 N–H and O–H groups in total. The summed E-state index contributed by atoms with van der Waals surface area (Å²) in [5.74, 6) is 2.08. The van der Waals surface area contributed by atoms with Crippen LogP contribution in [-0.2, 0) is 16.0 Å². The van der Waals surface area contributed by atoms with Crippen molar-refractivity contribution in [2.24, 2.45) is 0 Å². The molecular formula is C28H31ClN2O6. The average molecular weight is 527 g/mol. The van der Waals surface area contributed by atoms with E-state index in [4.69, 9.17) is 25.8 Å². The van der Waals surface area contributed by atoms with Gasteiger partial charge in [-0.15, -0.1) is 0 Å². The monoisotopic (exact) mass is 526 g/mol. The second-order valence-corrected chi connectivity index (χ2v) is 9.86. The zero-order valence-electron chi connectivity index (χ0n) is 21.2. The third-order valence-electron chi connectivity index (χ3n) is 4.99. The van der Waals surface area contributed by atoms with Gasteiger partial charge in [-0.25, -0.2) is 9.86 Å². The highest BCUT2D eigenvalue weighted by molar-refractivity contribution is 6.30. The fourth-order valence-electron chi connectivity index (χ4n) is 3.30. The van der Waals surface area contributed by atoms with Crippen LogP contribution < -0.4 is 14.8 Å². The van der Waals surface area contributed by atoms with Crippen molar-refractivity contribution in [2.75, 3.05) is 6.54 Å². The Labute approximate surface area is 221 Å². The summed E-state index contributed by atoms with van der Waals surface area (Å²) in [5, 5.41) is 13.8. The van der Waals surface area contributed by atoms with Crippen LogP contribution in [0.2, 0.25) is 5.02 Å². The Balaban J connectivity index is 1.60. The minimum Gasteiger partial charge on any atom is -0.457 e. The van der Waals surface area contributed by atoms with E-state index in [0.717, 1.165) is 5.56 Å². The van der Waals surface area contributed by atoms with Gasteiger partial charge in [-0.05, 0) is 93.4 Å². The molecule has 0 saturated carbocycles. The van der Waals surface area contributed by atoms with Crippen LogP contribution in [0.3, 0.4) is 0 Å². The maximum atomic E-state index is 12.3. The van der Waals surface area contributed by atoms with Crippen molar-refractivity contribution in [3.8, 4) is 23.0 Å². The molecule has 0 saturated heterocycles. The SMILES string of the molecule is CC(=O)N(O)C[C@H](Cc1ccc(Oc2ccc(Oc3ccc(Cl)cc3)cc2)cc1)NC(=O)OC(C)(C)C. The quantitative estimate of drug-likeness (QED) is 0.241. The summed E-state index contributed by atoms with van der Waals surface area (Å²) in [6.45, 7) is 6.43. The maximum absolute atomic E-state index is 12.3. The van der Waals surface area contributed by atoms with Crippen molar-refractivity contribution in [1.29, 1.82) is 0 Å². The van der Waals surface area contributed by atoms with Crippen molar-refractivity contribution < 1.29 is 29.0 Å². The Morgan fingerprint density at radius 3 is 1.73 bits per heavy atom. The van der Waals surface area contributed by atoms with Gasteiger partial charge in [0.05, 0.1) is 12.6 Å². The standard InChI is InChI=1S/C28H31ClN2O6/c1-19(32)31(34)18-22(30-27(33)37-28(2,3)4)17-20-5-9-23(10-6-20)35-25-13-15-26(16-14-25)36-24-11-7-21(29)8-12-24/h5-16,22,34H,17-18H2,1-4H3,(H,30,33)/t22-/m0/s1. The summed E-state index contributed by atoms with van der Waals surface area (Å²) in [6, 6.07) is 21.1. The Hall–Kier alpha value is -3.75. The van der Waals surface area contributed by atoms with Crippen LogP contribution in [-0.4, -0.2) is 40.5 Å². The van der Waals surface area contributed by atoms with E-state index in [1.807, 2.05) is 12.1 Å². The smallest absolute Gasteiger partial charge is 0.407 e. The number of nitrogens with zero attached hydrogens (tertiary/aromatic N) is 1. The van der Waals surface area contributed by atoms with Crippen LogP contribution in [0, 0.1) is 0 Å². The number of benzene rings is 3. The number of rotatable bonds is 9. The molecule has 0 aromatic heterocycles. The Morgan fingerprint density at radius 2 is 1.30 bits per heavy atom. The van der Waals surface area contributed by atoms with Gasteiger partial charge in [-0.1, -0.05) is 23.7 Å². The molecule has 0 heterocycles. The number of hydrogen-bond donors (Lipinski definition) is 2. The Morgan fingerprint density at radius 1 is 0.865 bits per heavy atom. The van der Waals surface area contributed by atoms with Gasteiger partial charge in [0.15, 0.2) is 0 Å². The van der Waals surface area contributed by atoms with Crippen molar-refractivity contribution in [3.63, 3.8) is 0 Å². The summed E-state index contributed by atoms with van der Waals surface area (Å²) in [5.41, 5.74) is 0.199. The van der Waals surface area contributed by atoms with Gasteiger partial charge in [0.25, 0.3) is 0 Å². The lowest BCUT2D eigenvalue weighted by atomic mass is 10.1. The molecule has 0 unspecified atom stereocenters. The third kappa shape index (κ3) is 9.67. The van der Waals surface area contributed by atoms with E-state index in [-0.39, 0.29) is 6.54 Å². The van der Waals surface area contributed by atoms with Gasteiger partial charge in [-0.2, -0.15) is 0 Å². The van der Waals surface area contributed by atoms with E-state index < -0.39 is 23.6 Å². The van der Waals surface area contributed by atoms with E-state index in [1.54, 1.807) is 81.4 Å². The zero-order valence-corrected chi connectivity index (χ0v) is 22.0. The predicted molar refractivity (Wildman–Crippen MR) is 141 cm³/mol. The van der Waals surface area contributed by atoms with Crippen LogP contribution >= 0.6 is 11.6 Å². The second-order valence-electron chi connectivity index (χ2n) is 9.42. The maximum Gasteiger partial charge on any atom is 0.407 e. The normalized spacial score (nSPS) is 11.8. The molecule has 0 fully saturated rings. The van der Waals surface area contributed by atoms with Crippen LogP contribution in [0.4, 0.5) is 4.79 Å². The molecule has 0 bridgehead atoms. The molecule has 1 atom stereocenters. The molecule has 2 amide bonds. The molecule has 3 aromatic carbocycles. The molecule has 8 nitrogen and oxygen atoms in total. The summed E-state index contributed by atoms with van der Waals surface area (Å²) in [6.07, 6.45) is -0.265. The fraction of sp³-hybridized carbons (Fsp3) is 0.286. The number of amides is 2. The number of alkyl carbamates (subject to hydrolysis) is 1. The van der Waals surface area contributed by atoms with Crippen molar-refractivity contribution in [3.05, 3.63) is 83.4 Å². The molecule has 0 aliphatic heterocycles. The van der Waals surface area contributed by atoms with Crippen LogP contribution in [0.15, 0.2) is 72.8 Å². The first-order valence-electron chi connectivity index (χ1n) is 11.7. The Kier molecular flexibility index (Phi) is 9.38. The number of halogens is 1. The molecule has 3 aromatic rings. The van der Waals surface area contributed by atoms with Crippen LogP contribution in [0.5, 0.6) is 23.0 Å². The second kappa shape index (κ2) is 12.5. The highest BCUT2D eigenvalue weighted by atomic mass is 35.5. The van der Waals surface area contributed by atoms with Gasteiger partial charge in [0.1, 0.15) is 28.6 Å². The molecular weight excluding hydrogens is 496 g/mol. The molecule has 0 spiro atoms. The van der Waals surface area contributed by atoms with Gasteiger partial charge in [-0.3, -0.25) is 10.0 Å². The highest BCUT2D eigenvalue weighted by Crippen LogP contribution is 2.27. The van der Waals surface area contributed by atoms with Gasteiger partial charge in [0.2, 0.25) is 5.91 Å².